The smallest absolute Gasteiger partial charge is 0.275 e. The van der Waals surface area contributed by atoms with Gasteiger partial charge < -0.3 is 24.7 Å². The van der Waals surface area contributed by atoms with Crippen LogP contribution in [0.3, 0.4) is 0 Å². The molecule has 9 nitrogen and oxygen atoms in total. The van der Waals surface area contributed by atoms with Gasteiger partial charge in [-0.1, -0.05) is 24.3 Å². The van der Waals surface area contributed by atoms with Gasteiger partial charge in [0.1, 0.15) is 18.6 Å². The highest BCUT2D eigenvalue weighted by Crippen LogP contribution is 2.35. The van der Waals surface area contributed by atoms with Crippen LogP contribution in [0.2, 0.25) is 0 Å². The summed E-state index contributed by atoms with van der Waals surface area (Å²) in [4.78, 5) is 44.6. The van der Waals surface area contributed by atoms with E-state index in [9.17, 15) is 14.4 Å². The van der Waals surface area contributed by atoms with Crippen LogP contribution in [0.25, 0.3) is 0 Å². The number of ether oxygens (including phenoxy) is 1. The zero-order chi connectivity index (χ0) is 23.3. The Hall–Kier alpha value is -3.62. The number of carbonyl (C=O) groups is 3. The molecule has 3 heterocycles. The Balaban J connectivity index is 1.52. The van der Waals surface area contributed by atoms with Crippen molar-refractivity contribution in [2.45, 2.75) is 26.2 Å². The van der Waals surface area contributed by atoms with Crippen LogP contribution in [0.1, 0.15) is 46.0 Å². The Morgan fingerprint density at radius 2 is 1.97 bits per heavy atom. The zero-order valence-corrected chi connectivity index (χ0v) is 18.6. The Morgan fingerprint density at radius 3 is 2.79 bits per heavy atom. The molecule has 0 saturated carbocycles. The van der Waals surface area contributed by atoms with E-state index >= 15 is 0 Å². The normalized spacial score (nSPS) is 23.0. The van der Waals surface area contributed by atoms with Crippen LogP contribution in [0.4, 0.5) is 0 Å². The number of benzene rings is 1. The molecule has 1 aromatic carbocycles. The van der Waals surface area contributed by atoms with E-state index in [1.54, 1.807) is 30.0 Å². The summed E-state index contributed by atoms with van der Waals surface area (Å²) >= 11 is 0. The molecule has 0 aliphatic carbocycles. The highest BCUT2D eigenvalue weighted by atomic mass is 16.5. The van der Waals surface area contributed by atoms with E-state index in [1.807, 2.05) is 18.2 Å². The Morgan fingerprint density at radius 1 is 1.15 bits per heavy atom. The SMILES string of the molecule is Cc1nc(C(=O)N2CCCC3(C/C=C/COc4ccccc4C(=O)NCCNC3=O)C2)co1. The van der Waals surface area contributed by atoms with E-state index in [0.29, 0.717) is 43.0 Å². The zero-order valence-electron chi connectivity index (χ0n) is 18.6. The molecule has 174 valence electrons. The maximum absolute atomic E-state index is 13.3. The van der Waals surface area contributed by atoms with E-state index in [-0.39, 0.29) is 49.7 Å². The number of oxazole rings is 1. The van der Waals surface area contributed by atoms with Gasteiger partial charge >= 0.3 is 0 Å². The van der Waals surface area contributed by atoms with E-state index in [4.69, 9.17) is 9.15 Å². The fourth-order valence-electron chi connectivity index (χ4n) is 4.30. The van der Waals surface area contributed by atoms with Crippen LogP contribution >= 0.6 is 0 Å². The van der Waals surface area contributed by atoms with Gasteiger partial charge in [-0.3, -0.25) is 14.4 Å². The number of hydrogen-bond donors (Lipinski definition) is 2. The Kier molecular flexibility index (Phi) is 6.76. The molecular formula is C24H28N4O5. The first-order valence-corrected chi connectivity index (χ1v) is 11.1. The molecule has 33 heavy (non-hydrogen) atoms. The quantitative estimate of drug-likeness (QED) is 0.641. The second-order valence-corrected chi connectivity index (χ2v) is 8.36. The number of amides is 3. The lowest BCUT2D eigenvalue weighted by Crippen LogP contribution is -2.54. The van der Waals surface area contributed by atoms with E-state index in [1.165, 1.54) is 6.26 Å². The van der Waals surface area contributed by atoms with Crippen molar-refractivity contribution in [3.63, 3.8) is 0 Å². The topological polar surface area (TPSA) is 114 Å². The van der Waals surface area contributed by atoms with Gasteiger partial charge in [-0.25, -0.2) is 4.98 Å². The van der Waals surface area contributed by atoms with Crippen molar-refractivity contribution in [3.8, 4) is 5.75 Å². The van der Waals surface area contributed by atoms with Gasteiger partial charge in [-0.15, -0.1) is 0 Å². The third kappa shape index (κ3) is 5.08. The lowest BCUT2D eigenvalue weighted by atomic mass is 9.76. The maximum Gasteiger partial charge on any atom is 0.275 e. The standard InChI is InChI=1S/C24H28N4O5/c1-17-27-19(15-33-17)22(30)28-13-6-10-24(16-28)9-4-5-14-32-20-8-3-2-7-18(20)21(29)25-11-12-26-23(24)31/h2-5,7-8,15H,6,9-14,16H2,1H3,(H,25,29)(H,26,31)/b5-4+. The average molecular weight is 453 g/mol. The minimum absolute atomic E-state index is 0.131. The number of rotatable bonds is 1. The predicted octanol–water partition coefficient (Wildman–Crippen LogP) is 2.09. The third-order valence-electron chi connectivity index (χ3n) is 6.02. The van der Waals surface area contributed by atoms with Gasteiger partial charge in [-0.05, 0) is 31.4 Å². The Labute approximate surface area is 192 Å². The summed E-state index contributed by atoms with van der Waals surface area (Å²) < 4.78 is 11.0. The molecule has 9 heteroatoms. The molecule has 1 saturated heterocycles. The monoisotopic (exact) mass is 452 g/mol. The third-order valence-corrected chi connectivity index (χ3v) is 6.02. The number of aromatic nitrogens is 1. The van der Waals surface area contributed by atoms with Crippen molar-refractivity contribution < 1.29 is 23.5 Å². The maximum atomic E-state index is 13.3. The summed E-state index contributed by atoms with van der Waals surface area (Å²) in [7, 11) is 0. The molecule has 0 radical (unpaired) electrons. The van der Waals surface area contributed by atoms with Crippen LogP contribution in [-0.2, 0) is 4.79 Å². The van der Waals surface area contributed by atoms with Gasteiger partial charge in [-0.2, -0.15) is 0 Å². The second kappa shape index (κ2) is 9.89. The number of nitrogens with one attached hydrogen (secondary N) is 2. The average Bonchev–Trinajstić information content (AvgIpc) is 3.27. The molecule has 4 rings (SSSR count). The van der Waals surface area contributed by atoms with Crippen molar-refractivity contribution in [1.82, 2.24) is 20.5 Å². The molecule has 1 atom stereocenters. The summed E-state index contributed by atoms with van der Waals surface area (Å²) in [5.41, 5.74) is -0.0682. The second-order valence-electron chi connectivity index (χ2n) is 8.36. The number of likely N-dealkylation sites (tertiary alicyclic amines) is 1. The van der Waals surface area contributed by atoms with E-state index in [0.717, 1.165) is 0 Å². The first-order chi connectivity index (χ1) is 16.0. The predicted molar refractivity (Wildman–Crippen MR) is 120 cm³/mol. The number of para-hydroxylation sites is 1. The molecule has 1 aromatic heterocycles. The van der Waals surface area contributed by atoms with Crippen molar-refractivity contribution in [3.05, 3.63) is 59.8 Å². The van der Waals surface area contributed by atoms with Crippen molar-refractivity contribution >= 4 is 17.7 Å². The van der Waals surface area contributed by atoms with Gasteiger partial charge in [0, 0.05) is 33.1 Å². The van der Waals surface area contributed by atoms with E-state index in [2.05, 4.69) is 15.6 Å². The number of hydrogen-bond acceptors (Lipinski definition) is 6. The van der Waals surface area contributed by atoms with Crippen molar-refractivity contribution in [2.24, 2.45) is 5.41 Å². The van der Waals surface area contributed by atoms with Crippen LogP contribution in [-0.4, -0.2) is 60.4 Å². The first-order valence-electron chi connectivity index (χ1n) is 11.1. The molecule has 1 spiro atoms. The van der Waals surface area contributed by atoms with Crippen molar-refractivity contribution in [1.29, 1.82) is 0 Å². The number of nitrogens with zero attached hydrogens (tertiary/aromatic N) is 2. The lowest BCUT2D eigenvalue weighted by molar-refractivity contribution is -0.133. The molecule has 2 N–H and O–H groups in total. The minimum atomic E-state index is -0.769. The van der Waals surface area contributed by atoms with Crippen LogP contribution in [0.5, 0.6) is 5.75 Å². The Bertz CT molecular complexity index is 1060. The van der Waals surface area contributed by atoms with Gasteiger partial charge in [0.2, 0.25) is 5.91 Å². The van der Waals surface area contributed by atoms with Gasteiger partial charge in [0.25, 0.3) is 11.8 Å². The molecule has 1 fully saturated rings. The molecule has 2 aromatic rings. The number of fused-ring (bicyclic) bond motifs is 1. The fraction of sp³-hybridized carbons (Fsp3) is 0.417. The fourth-order valence-corrected chi connectivity index (χ4v) is 4.30. The number of allylic oxidation sites excluding steroid dienone is 1. The van der Waals surface area contributed by atoms with E-state index < -0.39 is 5.41 Å². The summed E-state index contributed by atoms with van der Waals surface area (Å²) in [6, 6.07) is 7.06. The molecule has 3 amide bonds. The summed E-state index contributed by atoms with van der Waals surface area (Å²) in [6.07, 6.45) is 6.94. The van der Waals surface area contributed by atoms with Crippen molar-refractivity contribution in [2.75, 3.05) is 32.8 Å². The van der Waals surface area contributed by atoms with Crippen LogP contribution in [0, 0.1) is 12.3 Å². The summed E-state index contributed by atoms with van der Waals surface area (Å²) in [5, 5.41) is 5.77. The highest BCUT2D eigenvalue weighted by Gasteiger charge is 2.43. The van der Waals surface area contributed by atoms with Crippen LogP contribution < -0.4 is 15.4 Å². The molecule has 2 aliphatic heterocycles. The summed E-state index contributed by atoms with van der Waals surface area (Å²) in [6.45, 7) is 3.36. The molecular weight excluding hydrogens is 424 g/mol. The first kappa shape index (κ1) is 22.6. The number of carbonyl (C=O) groups excluding carboxylic acids is 3. The van der Waals surface area contributed by atoms with Gasteiger partial charge in [0.05, 0.1) is 11.0 Å². The number of aryl methyl sites for hydroxylation is 1. The highest BCUT2D eigenvalue weighted by molar-refractivity contribution is 5.97. The largest absolute Gasteiger partial charge is 0.489 e. The molecule has 0 bridgehead atoms. The lowest BCUT2D eigenvalue weighted by Gasteiger charge is -2.41. The van der Waals surface area contributed by atoms with Crippen LogP contribution in [0.15, 0.2) is 47.1 Å². The molecule has 2 aliphatic rings. The molecule has 1 unspecified atom stereocenters. The van der Waals surface area contributed by atoms with Gasteiger partial charge in [0.15, 0.2) is 11.6 Å². The summed E-state index contributed by atoms with van der Waals surface area (Å²) in [5.74, 6) is 0.302. The minimum Gasteiger partial charge on any atom is -0.489 e. The number of piperidine rings is 1.